The van der Waals surface area contributed by atoms with E-state index < -0.39 is 0 Å². The fourth-order valence-electron chi connectivity index (χ4n) is 2.98. The van der Waals surface area contributed by atoms with Crippen molar-refractivity contribution in [2.24, 2.45) is 11.8 Å². The highest BCUT2D eigenvalue weighted by atomic mass is 16.3. The standard InChI is InChI=1S/C16H26N2O/c1-11-8-18(9-12(11)2)10-16-6-14(13(3)19-16)7-17-15-4-5-15/h6,11-12,15,17H,4-5,7-10H2,1-3H3. The van der Waals surface area contributed by atoms with Gasteiger partial charge in [-0.1, -0.05) is 13.8 Å². The zero-order chi connectivity index (χ0) is 13.4. The molecule has 3 heteroatoms. The predicted octanol–water partition coefficient (Wildman–Crippen LogP) is 2.93. The Morgan fingerprint density at radius 2 is 1.95 bits per heavy atom. The van der Waals surface area contributed by atoms with Crippen molar-refractivity contribution in [2.45, 2.75) is 52.7 Å². The van der Waals surface area contributed by atoms with Gasteiger partial charge in [0.05, 0.1) is 6.54 Å². The summed E-state index contributed by atoms with van der Waals surface area (Å²) in [5.41, 5.74) is 1.34. The Bertz CT molecular complexity index is 426. The van der Waals surface area contributed by atoms with E-state index in [1.165, 1.54) is 31.5 Å². The van der Waals surface area contributed by atoms with Gasteiger partial charge in [-0.15, -0.1) is 0 Å². The molecule has 0 radical (unpaired) electrons. The van der Waals surface area contributed by atoms with Crippen LogP contribution in [0.5, 0.6) is 0 Å². The van der Waals surface area contributed by atoms with Gasteiger partial charge < -0.3 is 9.73 Å². The summed E-state index contributed by atoms with van der Waals surface area (Å²) in [7, 11) is 0. The topological polar surface area (TPSA) is 28.4 Å². The summed E-state index contributed by atoms with van der Waals surface area (Å²) in [5.74, 6) is 3.84. The van der Waals surface area contributed by atoms with E-state index in [4.69, 9.17) is 4.42 Å². The van der Waals surface area contributed by atoms with Crippen LogP contribution >= 0.6 is 0 Å². The van der Waals surface area contributed by atoms with Gasteiger partial charge in [-0.05, 0) is 37.7 Å². The number of furan rings is 1. The SMILES string of the molecule is Cc1oc(CN2CC(C)C(C)C2)cc1CNC1CC1. The van der Waals surface area contributed by atoms with Crippen LogP contribution in [0.25, 0.3) is 0 Å². The molecule has 1 N–H and O–H groups in total. The number of nitrogens with one attached hydrogen (secondary N) is 1. The first-order valence-corrected chi connectivity index (χ1v) is 7.65. The largest absolute Gasteiger partial charge is 0.465 e. The molecule has 1 aliphatic carbocycles. The Morgan fingerprint density at radius 3 is 2.58 bits per heavy atom. The van der Waals surface area contributed by atoms with E-state index >= 15 is 0 Å². The maximum Gasteiger partial charge on any atom is 0.118 e. The number of hydrogen-bond acceptors (Lipinski definition) is 3. The summed E-state index contributed by atoms with van der Waals surface area (Å²) in [5, 5.41) is 3.56. The smallest absolute Gasteiger partial charge is 0.118 e. The summed E-state index contributed by atoms with van der Waals surface area (Å²) < 4.78 is 5.92. The van der Waals surface area contributed by atoms with E-state index in [0.717, 1.165) is 42.5 Å². The summed E-state index contributed by atoms with van der Waals surface area (Å²) >= 11 is 0. The van der Waals surface area contributed by atoms with E-state index in [1.807, 2.05) is 0 Å². The average Bonchev–Trinajstić information content (AvgIpc) is 3.04. The quantitative estimate of drug-likeness (QED) is 0.884. The minimum absolute atomic E-state index is 0.762. The molecule has 1 aromatic heterocycles. The molecule has 0 amide bonds. The minimum atomic E-state index is 0.762. The zero-order valence-electron chi connectivity index (χ0n) is 12.4. The molecule has 1 aromatic rings. The van der Waals surface area contributed by atoms with Gasteiger partial charge in [0, 0.05) is 31.2 Å². The molecule has 0 bridgehead atoms. The van der Waals surface area contributed by atoms with Crippen molar-refractivity contribution in [3.05, 3.63) is 23.2 Å². The lowest BCUT2D eigenvalue weighted by Gasteiger charge is -2.12. The van der Waals surface area contributed by atoms with Crippen molar-refractivity contribution in [1.29, 1.82) is 0 Å². The minimum Gasteiger partial charge on any atom is -0.465 e. The maximum atomic E-state index is 5.92. The summed E-state index contributed by atoms with van der Waals surface area (Å²) in [6, 6.07) is 3.01. The van der Waals surface area contributed by atoms with Crippen LogP contribution in [-0.4, -0.2) is 24.0 Å². The molecule has 3 nitrogen and oxygen atoms in total. The van der Waals surface area contributed by atoms with Crippen LogP contribution in [0.3, 0.4) is 0 Å². The van der Waals surface area contributed by atoms with Gasteiger partial charge in [-0.2, -0.15) is 0 Å². The molecule has 2 aliphatic rings. The monoisotopic (exact) mass is 262 g/mol. The molecule has 1 aliphatic heterocycles. The first-order valence-electron chi connectivity index (χ1n) is 7.65. The van der Waals surface area contributed by atoms with Crippen molar-refractivity contribution in [3.8, 4) is 0 Å². The highest BCUT2D eigenvalue weighted by Crippen LogP contribution is 2.25. The molecule has 1 saturated carbocycles. The summed E-state index contributed by atoms with van der Waals surface area (Å²) in [6.45, 7) is 11.1. The van der Waals surface area contributed by atoms with Gasteiger partial charge in [-0.3, -0.25) is 4.90 Å². The van der Waals surface area contributed by atoms with Crippen LogP contribution in [0.15, 0.2) is 10.5 Å². The van der Waals surface area contributed by atoms with Gasteiger partial charge in [0.15, 0.2) is 0 Å². The Balaban J connectivity index is 1.57. The third kappa shape index (κ3) is 3.21. The van der Waals surface area contributed by atoms with Gasteiger partial charge in [-0.25, -0.2) is 0 Å². The summed E-state index contributed by atoms with van der Waals surface area (Å²) in [4.78, 5) is 2.52. The van der Waals surface area contributed by atoms with Gasteiger partial charge in [0.2, 0.25) is 0 Å². The van der Waals surface area contributed by atoms with E-state index in [9.17, 15) is 0 Å². The second kappa shape index (κ2) is 5.29. The molecule has 2 heterocycles. The molecule has 106 valence electrons. The lowest BCUT2D eigenvalue weighted by atomic mass is 10.0. The molecular formula is C16H26N2O. The van der Waals surface area contributed by atoms with Crippen molar-refractivity contribution >= 4 is 0 Å². The van der Waals surface area contributed by atoms with Gasteiger partial charge in [0.1, 0.15) is 11.5 Å². The Labute approximate surface area is 116 Å². The van der Waals surface area contributed by atoms with Crippen LogP contribution in [0.4, 0.5) is 0 Å². The number of hydrogen-bond donors (Lipinski definition) is 1. The van der Waals surface area contributed by atoms with Crippen molar-refractivity contribution < 1.29 is 4.42 Å². The zero-order valence-corrected chi connectivity index (χ0v) is 12.4. The van der Waals surface area contributed by atoms with E-state index in [-0.39, 0.29) is 0 Å². The fourth-order valence-corrected chi connectivity index (χ4v) is 2.98. The number of aryl methyl sites for hydroxylation is 1. The average molecular weight is 262 g/mol. The van der Waals surface area contributed by atoms with Crippen molar-refractivity contribution in [3.63, 3.8) is 0 Å². The molecule has 19 heavy (non-hydrogen) atoms. The lowest BCUT2D eigenvalue weighted by Crippen LogP contribution is -2.19. The lowest BCUT2D eigenvalue weighted by molar-refractivity contribution is 0.283. The third-order valence-electron chi connectivity index (χ3n) is 4.67. The van der Waals surface area contributed by atoms with Gasteiger partial charge >= 0.3 is 0 Å². The molecule has 1 saturated heterocycles. The van der Waals surface area contributed by atoms with E-state index in [1.54, 1.807) is 0 Å². The second-order valence-corrected chi connectivity index (χ2v) is 6.60. The molecule has 3 rings (SSSR count). The molecule has 0 spiro atoms. The normalized spacial score (nSPS) is 28.2. The first-order chi connectivity index (χ1) is 9.11. The molecule has 0 aromatic carbocycles. The number of nitrogens with zero attached hydrogens (tertiary/aromatic N) is 1. The van der Waals surface area contributed by atoms with E-state index in [2.05, 4.69) is 37.1 Å². The number of likely N-dealkylation sites (tertiary alicyclic amines) is 1. The van der Waals surface area contributed by atoms with Crippen LogP contribution in [0.1, 0.15) is 43.8 Å². The van der Waals surface area contributed by atoms with Crippen molar-refractivity contribution in [2.75, 3.05) is 13.1 Å². The number of rotatable bonds is 5. The second-order valence-electron chi connectivity index (χ2n) is 6.60. The van der Waals surface area contributed by atoms with Crippen molar-refractivity contribution in [1.82, 2.24) is 10.2 Å². The maximum absolute atomic E-state index is 5.92. The van der Waals surface area contributed by atoms with Crippen LogP contribution in [-0.2, 0) is 13.1 Å². The Hall–Kier alpha value is -0.800. The molecule has 2 unspecified atom stereocenters. The van der Waals surface area contributed by atoms with Crippen LogP contribution in [0, 0.1) is 18.8 Å². The molecule has 2 fully saturated rings. The van der Waals surface area contributed by atoms with Gasteiger partial charge in [0.25, 0.3) is 0 Å². The van der Waals surface area contributed by atoms with E-state index in [0.29, 0.717) is 0 Å². The Morgan fingerprint density at radius 1 is 1.26 bits per heavy atom. The Kier molecular flexibility index (Phi) is 3.68. The molecule has 2 atom stereocenters. The first kappa shape index (κ1) is 13.2. The predicted molar refractivity (Wildman–Crippen MR) is 76.9 cm³/mol. The fraction of sp³-hybridized carbons (Fsp3) is 0.750. The van der Waals surface area contributed by atoms with Crippen LogP contribution in [0.2, 0.25) is 0 Å². The highest BCUT2D eigenvalue weighted by molar-refractivity contribution is 5.21. The molecular weight excluding hydrogens is 236 g/mol. The van der Waals surface area contributed by atoms with Crippen LogP contribution < -0.4 is 5.32 Å². The summed E-state index contributed by atoms with van der Waals surface area (Å²) in [6.07, 6.45) is 2.68. The highest BCUT2D eigenvalue weighted by Gasteiger charge is 2.27. The third-order valence-corrected chi connectivity index (χ3v) is 4.67.